The first-order valence-electron chi connectivity index (χ1n) is 9.99. The van der Waals surface area contributed by atoms with E-state index >= 15 is 0 Å². The maximum Gasteiger partial charge on any atom is 0.490 e. The molecule has 174 valence electrons. The molecule has 2 saturated heterocycles. The van der Waals surface area contributed by atoms with Crippen molar-refractivity contribution in [1.29, 1.82) is 0 Å². The molecule has 1 aromatic rings. The Morgan fingerprint density at radius 3 is 2.45 bits per heavy atom. The number of carboxylic acids is 1. The van der Waals surface area contributed by atoms with Crippen LogP contribution in [0.2, 0.25) is 0 Å². The molecule has 0 aromatic carbocycles. The molecule has 1 saturated carbocycles. The number of alkyl halides is 3. The van der Waals surface area contributed by atoms with E-state index < -0.39 is 12.1 Å². The molecule has 2 aliphatic heterocycles. The number of likely N-dealkylation sites (N-methyl/N-ethyl adjacent to an activating group) is 1. The highest BCUT2D eigenvalue weighted by atomic mass is 32.1. The van der Waals surface area contributed by atoms with Crippen LogP contribution < -0.4 is 0 Å². The lowest BCUT2D eigenvalue weighted by molar-refractivity contribution is -0.205. The minimum absolute atomic E-state index is 0.0881. The van der Waals surface area contributed by atoms with Gasteiger partial charge in [0.1, 0.15) is 16.7 Å². The van der Waals surface area contributed by atoms with Crippen LogP contribution in [0, 0.1) is 5.92 Å². The molecule has 3 heterocycles. The predicted octanol–water partition coefficient (Wildman–Crippen LogP) is 1.53. The summed E-state index contributed by atoms with van der Waals surface area (Å²) in [7, 11) is 3.67. The first-order valence-corrected chi connectivity index (χ1v) is 10.9. The number of hydrogen-bond acceptors (Lipinski definition) is 7. The second kappa shape index (κ2) is 9.39. The average Bonchev–Trinajstić information content (AvgIpc) is 3.32. The van der Waals surface area contributed by atoms with Gasteiger partial charge in [-0.25, -0.2) is 9.78 Å². The monoisotopic (exact) mass is 464 g/mol. The summed E-state index contributed by atoms with van der Waals surface area (Å²) in [4.78, 5) is 32.2. The van der Waals surface area contributed by atoms with Crippen LogP contribution in [-0.4, -0.2) is 101 Å². The van der Waals surface area contributed by atoms with Gasteiger partial charge in [-0.05, 0) is 18.8 Å². The molecule has 1 aliphatic carbocycles. The van der Waals surface area contributed by atoms with Crippen LogP contribution in [0.3, 0.4) is 0 Å². The van der Waals surface area contributed by atoms with E-state index in [0.717, 1.165) is 43.6 Å². The minimum Gasteiger partial charge on any atom is -0.475 e. The fourth-order valence-corrected chi connectivity index (χ4v) is 4.49. The largest absolute Gasteiger partial charge is 0.490 e. The lowest BCUT2D eigenvalue weighted by Crippen LogP contribution is -2.72. The van der Waals surface area contributed by atoms with E-state index in [2.05, 4.69) is 14.8 Å². The number of aromatic nitrogens is 1. The summed E-state index contributed by atoms with van der Waals surface area (Å²) in [5, 5.41) is 10.3. The number of hydrogen-bond donors (Lipinski definition) is 1. The molecule has 3 fully saturated rings. The van der Waals surface area contributed by atoms with E-state index in [4.69, 9.17) is 14.6 Å². The molecule has 1 atom stereocenters. The van der Waals surface area contributed by atoms with Gasteiger partial charge in [0.2, 0.25) is 5.91 Å². The fraction of sp³-hybridized carbons (Fsp3) is 0.737. The molecule has 0 bridgehead atoms. The molecule has 12 heteroatoms. The maximum atomic E-state index is 12.5. The van der Waals surface area contributed by atoms with Crippen molar-refractivity contribution in [1.82, 2.24) is 19.7 Å². The summed E-state index contributed by atoms with van der Waals surface area (Å²) < 4.78 is 38.0. The van der Waals surface area contributed by atoms with E-state index in [1.165, 1.54) is 12.8 Å². The van der Waals surface area contributed by atoms with Crippen molar-refractivity contribution in [3.8, 4) is 0 Å². The van der Waals surface area contributed by atoms with Gasteiger partial charge in [0.05, 0.1) is 13.2 Å². The summed E-state index contributed by atoms with van der Waals surface area (Å²) >= 11 is 1.71. The third-order valence-corrected chi connectivity index (χ3v) is 6.27. The first-order chi connectivity index (χ1) is 14.5. The Hall–Kier alpha value is -1.76. The zero-order chi connectivity index (χ0) is 22.8. The van der Waals surface area contributed by atoms with Crippen LogP contribution in [0.4, 0.5) is 13.2 Å². The lowest BCUT2D eigenvalue weighted by atomic mass is 9.90. The van der Waals surface area contributed by atoms with E-state index in [9.17, 15) is 18.0 Å². The Labute approximate surface area is 182 Å². The molecule has 0 radical (unpaired) electrons. The average molecular weight is 465 g/mol. The molecule has 1 spiro atoms. The number of nitrogens with zero attached hydrogens (tertiary/aromatic N) is 4. The molecular formula is C19H27F3N4O4S. The van der Waals surface area contributed by atoms with E-state index in [1.807, 2.05) is 25.7 Å². The normalized spacial score (nSPS) is 23.6. The summed E-state index contributed by atoms with van der Waals surface area (Å²) in [6, 6.07) is -0.112. The fourth-order valence-electron chi connectivity index (χ4n) is 3.83. The van der Waals surface area contributed by atoms with Crippen LogP contribution in [-0.2, 0) is 20.9 Å². The van der Waals surface area contributed by atoms with Gasteiger partial charge >= 0.3 is 12.1 Å². The smallest absolute Gasteiger partial charge is 0.475 e. The van der Waals surface area contributed by atoms with Crippen molar-refractivity contribution in [2.24, 2.45) is 5.92 Å². The van der Waals surface area contributed by atoms with Crippen LogP contribution >= 0.6 is 11.3 Å². The summed E-state index contributed by atoms with van der Waals surface area (Å²) in [5.41, 5.74) is -0.0881. The Kier molecular flexibility index (Phi) is 7.24. The van der Waals surface area contributed by atoms with Crippen molar-refractivity contribution in [2.45, 2.75) is 37.2 Å². The number of carbonyl (C=O) groups excluding carboxylic acids is 1. The second-order valence-corrected chi connectivity index (χ2v) is 9.47. The van der Waals surface area contributed by atoms with Crippen LogP contribution in [0.5, 0.6) is 0 Å². The Morgan fingerprint density at radius 2 is 1.97 bits per heavy atom. The van der Waals surface area contributed by atoms with Gasteiger partial charge in [-0.3, -0.25) is 14.6 Å². The molecule has 3 aliphatic rings. The number of halogens is 3. The van der Waals surface area contributed by atoms with Crippen molar-refractivity contribution in [2.75, 3.05) is 46.9 Å². The van der Waals surface area contributed by atoms with E-state index in [0.29, 0.717) is 6.61 Å². The number of carbonyl (C=O) groups is 2. The zero-order valence-electron chi connectivity index (χ0n) is 17.5. The second-order valence-electron chi connectivity index (χ2n) is 8.49. The number of likely N-dealkylation sites (tertiary alicyclic amines) is 1. The standard InChI is InChI=1S/C17H26N4O2S.C2HF3O2/c1-19(2)16(22)14-9-23-17(12-21(14)7-13-3-4-13)10-20(11-17)8-15-18-5-6-24-15;3-2(4,5)1(6)7/h5-6,13-14H,3-4,7-12H2,1-2H3;(H,6,7). The topological polar surface area (TPSA) is 86.2 Å². The zero-order valence-corrected chi connectivity index (χ0v) is 18.3. The van der Waals surface area contributed by atoms with Gasteiger partial charge in [0.15, 0.2) is 0 Å². The van der Waals surface area contributed by atoms with Crippen LogP contribution in [0.15, 0.2) is 11.6 Å². The highest BCUT2D eigenvalue weighted by molar-refractivity contribution is 7.09. The molecule has 1 unspecified atom stereocenters. The van der Waals surface area contributed by atoms with Crippen LogP contribution in [0.1, 0.15) is 17.8 Å². The third kappa shape index (κ3) is 6.37. The van der Waals surface area contributed by atoms with Crippen LogP contribution in [0.25, 0.3) is 0 Å². The summed E-state index contributed by atoms with van der Waals surface area (Å²) in [6.45, 7) is 5.23. The van der Waals surface area contributed by atoms with Crippen molar-refractivity contribution < 1.29 is 32.6 Å². The number of thiazole rings is 1. The van der Waals surface area contributed by atoms with Crippen molar-refractivity contribution >= 4 is 23.2 Å². The van der Waals surface area contributed by atoms with Gasteiger partial charge in [-0.15, -0.1) is 11.3 Å². The van der Waals surface area contributed by atoms with Gasteiger partial charge < -0.3 is 14.7 Å². The van der Waals surface area contributed by atoms with E-state index in [-0.39, 0.29) is 17.6 Å². The first kappa shape index (κ1) is 23.9. The number of aliphatic carboxylic acids is 1. The van der Waals surface area contributed by atoms with Gasteiger partial charge in [0, 0.05) is 51.9 Å². The maximum absolute atomic E-state index is 12.5. The Morgan fingerprint density at radius 1 is 1.32 bits per heavy atom. The molecule has 4 rings (SSSR count). The third-order valence-electron chi connectivity index (χ3n) is 5.50. The lowest BCUT2D eigenvalue weighted by Gasteiger charge is -2.55. The summed E-state index contributed by atoms with van der Waals surface area (Å²) in [6.07, 6.45) is -0.603. The molecule has 31 heavy (non-hydrogen) atoms. The quantitative estimate of drug-likeness (QED) is 0.707. The number of amides is 1. The van der Waals surface area contributed by atoms with Gasteiger partial charge in [-0.2, -0.15) is 13.2 Å². The molecule has 1 N–H and O–H groups in total. The van der Waals surface area contributed by atoms with Crippen molar-refractivity contribution in [3.05, 3.63) is 16.6 Å². The molecular weight excluding hydrogens is 437 g/mol. The number of morpholine rings is 1. The van der Waals surface area contributed by atoms with Crippen molar-refractivity contribution in [3.63, 3.8) is 0 Å². The highest BCUT2D eigenvalue weighted by Gasteiger charge is 2.51. The predicted molar refractivity (Wildman–Crippen MR) is 107 cm³/mol. The number of ether oxygens (including phenoxy) is 1. The van der Waals surface area contributed by atoms with E-state index in [1.54, 1.807) is 16.2 Å². The van der Waals surface area contributed by atoms with Gasteiger partial charge in [0.25, 0.3) is 0 Å². The molecule has 8 nitrogen and oxygen atoms in total. The molecule has 1 aromatic heterocycles. The minimum atomic E-state index is -5.08. The Bertz CT molecular complexity index is 765. The summed E-state index contributed by atoms with van der Waals surface area (Å²) in [5.74, 6) is -1.80. The SMILES string of the molecule is CN(C)C(=O)C1COC2(CN(Cc3nccs3)C2)CN1CC1CC1.O=C(O)C(F)(F)F. The number of rotatable bonds is 5. The number of carboxylic acid groups (broad SMARTS) is 1. The molecule has 1 amide bonds. The highest BCUT2D eigenvalue weighted by Crippen LogP contribution is 2.36. The van der Waals surface area contributed by atoms with Gasteiger partial charge in [-0.1, -0.05) is 0 Å². The Balaban J connectivity index is 0.000000339.